The van der Waals surface area contributed by atoms with Crippen LogP contribution in [0.5, 0.6) is 5.75 Å². The summed E-state index contributed by atoms with van der Waals surface area (Å²) in [6, 6.07) is 12.2. The number of pyridine rings is 1. The first kappa shape index (κ1) is 18.7. The standard InChI is InChI=1S/C22H21FN4O2/c1-3-10-25-22(28)19-20(24)27-11-4-5-15(21(27)26-19)18-16-12-14(29-2)8-6-13(16)7-9-17(18)23/h4-9,11-12H,3,10,24H2,1-2H3,(H,25,28). The number of anilines is 1. The van der Waals surface area contributed by atoms with Gasteiger partial charge < -0.3 is 15.8 Å². The molecule has 7 heteroatoms. The number of hydrogen-bond acceptors (Lipinski definition) is 4. The third kappa shape index (κ3) is 3.14. The van der Waals surface area contributed by atoms with E-state index in [0.29, 0.717) is 34.5 Å². The molecule has 6 nitrogen and oxygen atoms in total. The van der Waals surface area contributed by atoms with Crippen LogP contribution in [-0.2, 0) is 0 Å². The fourth-order valence-electron chi connectivity index (χ4n) is 3.44. The highest BCUT2D eigenvalue weighted by atomic mass is 19.1. The average Bonchev–Trinajstić information content (AvgIpc) is 3.08. The molecule has 2 aromatic carbocycles. The summed E-state index contributed by atoms with van der Waals surface area (Å²) in [7, 11) is 1.57. The van der Waals surface area contributed by atoms with Gasteiger partial charge in [0.25, 0.3) is 5.91 Å². The highest BCUT2D eigenvalue weighted by Gasteiger charge is 2.21. The van der Waals surface area contributed by atoms with Crippen LogP contribution < -0.4 is 15.8 Å². The lowest BCUT2D eigenvalue weighted by molar-refractivity contribution is 0.0950. The summed E-state index contributed by atoms with van der Waals surface area (Å²) in [6.45, 7) is 2.49. The van der Waals surface area contributed by atoms with Crippen molar-refractivity contribution in [3.63, 3.8) is 0 Å². The number of aromatic nitrogens is 2. The van der Waals surface area contributed by atoms with Gasteiger partial charge in [0, 0.05) is 23.9 Å². The van der Waals surface area contributed by atoms with Crippen LogP contribution in [0.1, 0.15) is 23.8 Å². The molecule has 0 unspecified atom stereocenters. The van der Waals surface area contributed by atoms with Crippen LogP contribution in [0.3, 0.4) is 0 Å². The Morgan fingerprint density at radius 1 is 1.28 bits per heavy atom. The SMILES string of the molecule is CCCNC(=O)c1nc2c(-c3c(F)ccc4ccc(OC)cc34)cccn2c1N. The van der Waals surface area contributed by atoms with Crippen molar-refractivity contribution in [3.8, 4) is 16.9 Å². The van der Waals surface area contributed by atoms with Crippen molar-refractivity contribution >= 4 is 28.1 Å². The van der Waals surface area contributed by atoms with Crippen LogP contribution in [0.25, 0.3) is 27.5 Å². The normalized spacial score (nSPS) is 11.1. The Labute approximate surface area is 167 Å². The predicted molar refractivity (Wildman–Crippen MR) is 112 cm³/mol. The molecule has 4 rings (SSSR count). The van der Waals surface area contributed by atoms with Crippen LogP contribution in [0.15, 0.2) is 48.7 Å². The third-order valence-electron chi connectivity index (χ3n) is 4.88. The number of nitrogens with two attached hydrogens (primary N) is 1. The molecule has 0 bridgehead atoms. The monoisotopic (exact) mass is 392 g/mol. The van der Waals surface area contributed by atoms with E-state index < -0.39 is 5.82 Å². The number of fused-ring (bicyclic) bond motifs is 2. The second-order valence-electron chi connectivity index (χ2n) is 6.73. The topological polar surface area (TPSA) is 81.6 Å². The number of nitrogens with one attached hydrogen (secondary N) is 1. The van der Waals surface area contributed by atoms with Gasteiger partial charge in [-0.15, -0.1) is 0 Å². The molecule has 0 aliphatic carbocycles. The number of nitrogens with zero attached hydrogens (tertiary/aromatic N) is 2. The number of nitrogen functional groups attached to an aromatic ring is 1. The summed E-state index contributed by atoms with van der Waals surface area (Å²) < 4.78 is 21.9. The number of ether oxygens (including phenoxy) is 1. The number of halogens is 1. The van der Waals surface area contributed by atoms with E-state index >= 15 is 4.39 Å². The largest absolute Gasteiger partial charge is 0.497 e. The fourth-order valence-corrected chi connectivity index (χ4v) is 3.44. The summed E-state index contributed by atoms with van der Waals surface area (Å²) in [6.07, 6.45) is 2.51. The Morgan fingerprint density at radius 3 is 2.83 bits per heavy atom. The van der Waals surface area contributed by atoms with E-state index in [1.54, 1.807) is 42.0 Å². The van der Waals surface area contributed by atoms with Crippen molar-refractivity contribution in [1.29, 1.82) is 0 Å². The van der Waals surface area contributed by atoms with Gasteiger partial charge in [0.15, 0.2) is 5.69 Å². The zero-order valence-corrected chi connectivity index (χ0v) is 16.2. The van der Waals surface area contributed by atoms with Gasteiger partial charge in [-0.25, -0.2) is 9.37 Å². The first-order chi connectivity index (χ1) is 14.0. The van der Waals surface area contributed by atoms with Crippen molar-refractivity contribution in [2.75, 3.05) is 19.4 Å². The van der Waals surface area contributed by atoms with E-state index in [9.17, 15) is 4.79 Å². The minimum absolute atomic E-state index is 0.129. The number of imidazole rings is 1. The Balaban J connectivity index is 1.98. The van der Waals surface area contributed by atoms with Gasteiger partial charge >= 0.3 is 0 Å². The summed E-state index contributed by atoms with van der Waals surface area (Å²) in [5.41, 5.74) is 7.66. The molecule has 0 saturated heterocycles. The highest BCUT2D eigenvalue weighted by Crippen LogP contribution is 2.36. The maximum atomic E-state index is 15.0. The van der Waals surface area contributed by atoms with Gasteiger partial charge in [0.2, 0.25) is 0 Å². The van der Waals surface area contributed by atoms with Crippen LogP contribution in [0.2, 0.25) is 0 Å². The van der Waals surface area contributed by atoms with E-state index in [1.165, 1.54) is 6.07 Å². The average molecular weight is 392 g/mol. The molecule has 3 N–H and O–H groups in total. The van der Waals surface area contributed by atoms with E-state index in [-0.39, 0.29) is 17.4 Å². The Bertz CT molecular complexity index is 1230. The van der Waals surface area contributed by atoms with Crippen LogP contribution in [-0.4, -0.2) is 28.9 Å². The minimum atomic E-state index is -0.391. The minimum Gasteiger partial charge on any atom is -0.497 e. The van der Waals surface area contributed by atoms with E-state index in [1.807, 2.05) is 19.1 Å². The first-order valence-electron chi connectivity index (χ1n) is 9.36. The first-order valence-corrected chi connectivity index (χ1v) is 9.36. The molecular weight excluding hydrogens is 371 g/mol. The molecule has 0 radical (unpaired) electrons. The van der Waals surface area contributed by atoms with E-state index in [0.717, 1.165) is 11.8 Å². The molecule has 0 aliphatic rings. The molecule has 2 heterocycles. The molecule has 0 atom stereocenters. The van der Waals surface area contributed by atoms with Crippen molar-refractivity contribution in [3.05, 3.63) is 60.2 Å². The number of carbonyl (C=O) groups is 1. The Hall–Kier alpha value is -3.61. The molecule has 1 amide bonds. The molecule has 0 fully saturated rings. The number of carbonyl (C=O) groups excluding carboxylic acids is 1. The van der Waals surface area contributed by atoms with Gasteiger partial charge in [-0.1, -0.05) is 19.1 Å². The number of hydrogen-bond donors (Lipinski definition) is 2. The van der Waals surface area contributed by atoms with Crippen LogP contribution in [0, 0.1) is 5.82 Å². The summed E-state index contributed by atoms with van der Waals surface area (Å²) in [5.74, 6) is 0.101. The Kier molecular flexibility index (Phi) is 4.80. The van der Waals surface area contributed by atoms with E-state index in [2.05, 4.69) is 10.3 Å². The molecule has 29 heavy (non-hydrogen) atoms. The predicted octanol–water partition coefficient (Wildman–Crippen LogP) is 4.02. The van der Waals surface area contributed by atoms with Crippen molar-refractivity contribution < 1.29 is 13.9 Å². The van der Waals surface area contributed by atoms with Gasteiger partial charge in [0.1, 0.15) is 23.0 Å². The lowest BCUT2D eigenvalue weighted by Crippen LogP contribution is -2.25. The summed E-state index contributed by atoms with van der Waals surface area (Å²) in [5, 5.41) is 4.34. The highest BCUT2D eigenvalue weighted by molar-refractivity contribution is 6.03. The number of methoxy groups -OCH3 is 1. The lowest BCUT2D eigenvalue weighted by Gasteiger charge is -2.11. The summed E-state index contributed by atoms with van der Waals surface area (Å²) >= 11 is 0. The van der Waals surface area contributed by atoms with E-state index in [4.69, 9.17) is 10.5 Å². The number of amides is 1. The molecule has 2 aromatic heterocycles. The maximum absolute atomic E-state index is 15.0. The number of rotatable bonds is 5. The Morgan fingerprint density at radius 2 is 2.07 bits per heavy atom. The quantitative estimate of drug-likeness (QED) is 0.537. The second-order valence-corrected chi connectivity index (χ2v) is 6.73. The lowest BCUT2D eigenvalue weighted by atomic mass is 9.98. The maximum Gasteiger partial charge on any atom is 0.273 e. The van der Waals surface area contributed by atoms with Gasteiger partial charge in [-0.2, -0.15) is 0 Å². The van der Waals surface area contributed by atoms with Crippen molar-refractivity contribution in [1.82, 2.24) is 14.7 Å². The zero-order valence-electron chi connectivity index (χ0n) is 16.2. The molecular formula is C22H21FN4O2. The zero-order chi connectivity index (χ0) is 20.5. The van der Waals surface area contributed by atoms with Crippen molar-refractivity contribution in [2.45, 2.75) is 13.3 Å². The number of benzene rings is 2. The van der Waals surface area contributed by atoms with Crippen LogP contribution in [0.4, 0.5) is 10.2 Å². The molecule has 0 aliphatic heterocycles. The molecule has 0 saturated carbocycles. The molecule has 4 aromatic rings. The second kappa shape index (κ2) is 7.43. The van der Waals surface area contributed by atoms with Crippen molar-refractivity contribution in [2.24, 2.45) is 0 Å². The third-order valence-corrected chi connectivity index (χ3v) is 4.88. The van der Waals surface area contributed by atoms with Gasteiger partial charge in [-0.3, -0.25) is 9.20 Å². The molecule has 148 valence electrons. The van der Waals surface area contributed by atoms with Gasteiger partial charge in [-0.05, 0) is 47.5 Å². The fraction of sp³-hybridized carbons (Fsp3) is 0.182. The molecule has 0 spiro atoms. The van der Waals surface area contributed by atoms with Gasteiger partial charge in [0.05, 0.1) is 7.11 Å². The smallest absolute Gasteiger partial charge is 0.273 e. The summed E-state index contributed by atoms with van der Waals surface area (Å²) in [4.78, 5) is 16.9. The van der Waals surface area contributed by atoms with Crippen LogP contribution >= 0.6 is 0 Å².